The van der Waals surface area contributed by atoms with E-state index in [-0.39, 0.29) is 34.0 Å². The summed E-state index contributed by atoms with van der Waals surface area (Å²) in [5.74, 6) is -2.90. The molecule has 4 heterocycles. The van der Waals surface area contributed by atoms with Crippen LogP contribution in [0.5, 0.6) is 0 Å². The van der Waals surface area contributed by atoms with E-state index in [0.29, 0.717) is 6.20 Å². The summed E-state index contributed by atoms with van der Waals surface area (Å²) in [6.07, 6.45) is 1.52. The summed E-state index contributed by atoms with van der Waals surface area (Å²) in [5, 5.41) is 8.99. The van der Waals surface area contributed by atoms with E-state index in [0.717, 1.165) is 18.5 Å². The minimum atomic E-state index is -2.86. The second-order valence-electron chi connectivity index (χ2n) is 7.62. The quantitative estimate of drug-likeness (QED) is 0.268. The van der Waals surface area contributed by atoms with Gasteiger partial charge < -0.3 is 10.1 Å². The Labute approximate surface area is 211 Å². The van der Waals surface area contributed by atoms with Gasteiger partial charge >= 0.3 is 6.09 Å². The fourth-order valence-electron chi connectivity index (χ4n) is 3.13. The molecule has 0 saturated carbocycles. The van der Waals surface area contributed by atoms with Gasteiger partial charge in [-0.3, -0.25) is 14.8 Å². The van der Waals surface area contributed by atoms with E-state index in [1.165, 1.54) is 37.2 Å². The van der Waals surface area contributed by atoms with E-state index in [1.54, 1.807) is 0 Å². The molecule has 0 aliphatic rings. The van der Waals surface area contributed by atoms with Crippen LogP contribution in [0.2, 0.25) is 0 Å². The zero-order valence-corrected chi connectivity index (χ0v) is 19.6. The fourth-order valence-corrected chi connectivity index (χ4v) is 3.13. The number of ether oxygens (including phenoxy) is 1. The summed E-state index contributed by atoms with van der Waals surface area (Å²) in [4.78, 5) is 43.1. The lowest BCUT2D eigenvalue weighted by Crippen LogP contribution is -2.19. The van der Waals surface area contributed by atoms with Gasteiger partial charge in [0.25, 0.3) is 12.3 Å². The molecule has 0 aliphatic heterocycles. The fraction of sp³-hybridized carbons (Fsp3) is 0.182. The molecule has 2 amide bonds. The number of halogens is 4. The van der Waals surface area contributed by atoms with Crippen LogP contribution in [-0.2, 0) is 11.8 Å². The predicted molar refractivity (Wildman–Crippen MR) is 122 cm³/mol. The summed E-state index contributed by atoms with van der Waals surface area (Å²) >= 11 is 0. The molecule has 12 nitrogen and oxygen atoms in total. The molecule has 4 aromatic heterocycles. The van der Waals surface area contributed by atoms with Crippen LogP contribution in [0.25, 0.3) is 11.4 Å². The van der Waals surface area contributed by atoms with E-state index < -0.39 is 42.1 Å². The average molecular weight is 531 g/mol. The van der Waals surface area contributed by atoms with Crippen LogP contribution in [0.4, 0.5) is 33.9 Å². The van der Waals surface area contributed by atoms with Gasteiger partial charge in [-0.25, -0.2) is 42.9 Å². The molecule has 196 valence electrons. The number of amides is 2. The maximum atomic E-state index is 13.9. The first-order chi connectivity index (χ1) is 18.1. The first-order valence-corrected chi connectivity index (χ1v) is 10.7. The van der Waals surface area contributed by atoms with E-state index >= 15 is 0 Å². The molecule has 2 N–H and O–H groups in total. The third kappa shape index (κ3) is 5.85. The molecule has 4 aromatic rings. The highest BCUT2D eigenvalue weighted by atomic mass is 19.3. The van der Waals surface area contributed by atoms with Crippen LogP contribution in [0.1, 0.15) is 41.2 Å². The van der Waals surface area contributed by atoms with Gasteiger partial charge in [-0.1, -0.05) is 0 Å². The van der Waals surface area contributed by atoms with Crippen molar-refractivity contribution in [2.45, 2.75) is 19.5 Å². The Morgan fingerprint density at radius 3 is 2.29 bits per heavy atom. The Morgan fingerprint density at radius 1 is 0.947 bits per heavy atom. The van der Waals surface area contributed by atoms with Crippen molar-refractivity contribution in [1.82, 2.24) is 34.7 Å². The molecule has 0 aromatic carbocycles. The molecule has 0 spiro atoms. The molecule has 0 aliphatic carbocycles. The molecule has 1 atom stereocenters. The summed E-state index contributed by atoms with van der Waals surface area (Å²) in [7, 11) is 1.52. The van der Waals surface area contributed by atoms with E-state index in [2.05, 4.69) is 40.7 Å². The number of hydrogen-bond acceptors (Lipinski definition) is 9. The largest absolute Gasteiger partial charge is 0.441 e. The van der Waals surface area contributed by atoms with Crippen LogP contribution in [0.3, 0.4) is 0 Å². The third-order valence-electron chi connectivity index (χ3n) is 4.99. The lowest BCUT2D eigenvalue weighted by Gasteiger charge is -2.15. The van der Waals surface area contributed by atoms with E-state index in [9.17, 15) is 27.2 Å². The number of hydrogen-bond donors (Lipinski definition) is 2. The van der Waals surface area contributed by atoms with Gasteiger partial charge in [0.1, 0.15) is 17.7 Å². The zero-order chi connectivity index (χ0) is 27.4. The SMILES string of the molecule is C[C@@H](OC(=O)Nc1c(-c2ncc(NC(=O)c3cnc(C(F)F)nc3)cn2)cnn1C)c1cc(F)cnc1F. The predicted octanol–water partition coefficient (Wildman–Crippen LogP) is 3.84. The first-order valence-electron chi connectivity index (χ1n) is 10.7. The lowest BCUT2D eigenvalue weighted by molar-refractivity contribution is 0.102. The Morgan fingerprint density at radius 2 is 1.63 bits per heavy atom. The van der Waals surface area contributed by atoms with Crippen LogP contribution >= 0.6 is 0 Å². The number of carbonyl (C=O) groups is 2. The second-order valence-corrected chi connectivity index (χ2v) is 7.62. The minimum absolute atomic E-state index is 0.0566. The zero-order valence-electron chi connectivity index (χ0n) is 19.6. The highest BCUT2D eigenvalue weighted by Gasteiger charge is 2.21. The van der Waals surface area contributed by atoms with Crippen molar-refractivity contribution in [3.05, 3.63) is 72.0 Å². The maximum Gasteiger partial charge on any atom is 0.413 e. The molecule has 0 saturated heterocycles. The first kappa shape index (κ1) is 26.1. The van der Waals surface area contributed by atoms with Gasteiger partial charge in [0, 0.05) is 19.4 Å². The van der Waals surface area contributed by atoms with Crippen molar-refractivity contribution in [2.75, 3.05) is 10.6 Å². The highest BCUT2D eigenvalue weighted by Crippen LogP contribution is 2.26. The third-order valence-corrected chi connectivity index (χ3v) is 4.99. The Bertz CT molecular complexity index is 1460. The number of carbonyl (C=O) groups excluding carboxylic acids is 2. The number of aromatic nitrogens is 7. The second kappa shape index (κ2) is 10.9. The van der Waals surface area contributed by atoms with Crippen LogP contribution in [-0.4, -0.2) is 46.7 Å². The molecular weight excluding hydrogens is 514 g/mol. The van der Waals surface area contributed by atoms with Gasteiger partial charge in [0.05, 0.1) is 47.2 Å². The van der Waals surface area contributed by atoms with Crippen molar-refractivity contribution in [3.63, 3.8) is 0 Å². The summed E-state index contributed by atoms with van der Waals surface area (Å²) in [6, 6.07) is 0.870. The molecule has 38 heavy (non-hydrogen) atoms. The smallest absolute Gasteiger partial charge is 0.413 e. The average Bonchev–Trinajstić information content (AvgIpc) is 3.25. The molecule has 16 heteroatoms. The number of anilines is 2. The van der Waals surface area contributed by atoms with E-state index in [1.807, 2.05) is 0 Å². The number of rotatable bonds is 7. The Hall–Kier alpha value is -5.02. The van der Waals surface area contributed by atoms with Crippen LogP contribution in [0.15, 0.2) is 43.2 Å². The van der Waals surface area contributed by atoms with Gasteiger partial charge in [0.15, 0.2) is 11.6 Å². The molecular formula is C22H17F4N9O3. The Balaban J connectivity index is 1.43. The summed E-state index contributed by atoms with van der Waals surface area (Å²) in [6.45, 7) is 1.35. The van der Waals surface area contributed by atoms with Crippen molar-refractivity contribution in [2.24, 2.45) is 7.05 Å². The van der Waals surface area contributed by atoms with Crippen LogP contribution < -0.4 is 10.6 Å². The summed E-state index contributed by atoms with van der Waals surface area (Å²) in [5.41, 5.74) is 0.153. The van der Waals surface area contributed by atoms with Crippen molar-refractivity contribution in [3.8, 4) is 11.4 Å². The van der Waals surface area contributed by atoms with Gasteiger partial charge in [-0.05, 0) is 13.0 Å². The molecule has 0 unspecified atom stereocenters. The topological polar surface area (TPSA) is 150 Å². The molecule has 0 radical (unpaired) electrons. The minimum Gasteiger partial charge on any atom is -0.441 e. The van der Waals surface area contributed by atoms with Gasteiger partial charge in [-0.2, -0.15) is 9.49 Å². The van der Waals surface area contributed by atoms with Crippen molar-refractivity contribution in [1.29, 1.82) is 0 Å². The number of alkyl halides is 2. The molecule has 0 bridgehead atoms. The van der Waals surface area contributed by atoms with Crippen molar-refractivity contribution < 1.29 is 31.9 Å². The molecule has 0 fully saturated rings. The lowest BCUT2D eigenvalue weighted by atomic mass is 10.2. The number of pyridine rings is 1. The van der Waals surface area contributed by atoms with Crippen LogP contribution in [0, 0.1) is 11.8 Å². The number of nitrogens with one attached hydrogen (secondary N) is 2. The number of aryl methyl sites for hydroxylation is 1. The Kier molecular flexibility index (Phi) is 7.50. The van der Waals surface area contributed by atoms with E-state index in [4.69, 9.17) is 4.74 Å². The standard InChI is InChI=1S/C22H17F4N9O3/c1-10(14-3-12(23)6-27-17(14)26)38-22(37)34-20-15(9-32-35(20)2)18-30-7-13(8-31-18)33-21(36)11-4-28-19(16(24)25)29-5-11/h3-10,16H,1-2H3,(H,33,36)(H,34,37)/t10-/m1/s1. The van der Waals surface area contributed by atoms with Crippen molar-refractivity contribution >= 4 is 23.5 Å². The maximum absolute atomic E-state index is 13.9. The molecule has 4 rings (SSSR count). The summed E-state index contributed by atoms with van der Waals surface area (Å²) < 4.78 is 58.9. The van der Waals surface area contributed by atoms with Gasteiger partial charge in [0.2, 0.25) is 5.95 Å². The monoisotopic (exact) mass is 531 g/mol. The number of nitrogens with zero attached hydrogens (tertiary/aromatic N) is 7. The highest BCUT2D eigenvalue weighted by molar-refractivity contribution is 6.03. The normalized spacial score (nSPS) is 11.8. The van der Waals surface area contributed by atoms with Gasteiger partial charge in [-0.15, -0.1) is 0 Å².